The quantitative estimate of drug-likeness (QED) is 0.569. The first-order valence-corrected chi connectivity index (χ1v) is 10.5. The number of aromatic nitrogens is 2. The first kappa shape index (κ1) is 20.1. The van der Waals surface area contributed by atoms with E-state index in [0.29, 0.717) is 11.3 Å². The molecule has 2 N–H and O–H groups in total. The maximum absolute atomic E-state index is 12.5. The van der Waals surface area contributed by atoms with Crippen molar-refractivity contribution in [2.45, 2.75) is 11.3 Å². The van der Waals surface area contributed by atoms with Crippen LogP contribution < -0.4 is 14.8 Å². The van der Waals surface area contributed by atoms with Crippen LogP contribution in [0.4, 0.5) is 10.8 Å². The molecule has 0 spiro atoms. The Morgan fingerprint density at radius 1 is 1.14 bits per heavy atom. The molecule has 0 saturated carbocycles. The number of carbonyl (C=O) groups excluding carboxylic acids is 1. The highest BCUT2D eigenvalue weighted by atomic mass is 35.5. The predicted octanol–water partition coefficient (Wildman–Crippen LogP) is 3.56. The topological polar surface area (TPSA) is 110 Å². The van der Waals surface area contributed by atoms with Gasteiger partial charge in [0.25, 0.3) is 20.3 Å². The lowest BCUT2D eigenvalue weighted by atomic mass is 10.1. The Morgan fingerprint density at radius 3 is 2.50 bits per heavy atom. The molecule has 2 aromatic carbocycles. The minimum absolute atomic E-state index is 0.0683. The fourth-order valence-electron chi connectivity index (χ4n) is 2.17. The van der Waals surface area contributed by atoms with Gasteiger partial charge in [-0.25, -0.2) is 0 Å². The Bertz CT molecular complexity index is 1110. The maximum Gasteiger partial charge on any atom is 0.291 e. The minimum Gasteiger partial charge on any atom is -0.495 e. The molecular formula is C17H15ClN4O4S2. The summed E-state index contributed by atoms with van der Waals surface area (Å²) in [6, 6.07) is 11.4. The van der Waals surface area contributed by atoms with E-state index in [0.717, 1.165) is 16.9 Å². The molecule has 1 heterocycles. The number of sulfonamides is 1. The van der Waals surface area contributed by atoms with E-state index < -0.39 is 15.9 Å². The van der Waals surface area contributed by atoms with E-state index in [2.05, 4.69) is 20.2 Å². The van der Waals surface area contributed by atoms with Crippen molar-refractivity contribution < 1.29 is 17.9 Å². The van der Waals surface area contributed by atoms with Crippen LogP contribution in [0.25, 0.3) is 0 Å². The number of methoxy groups -OCH3 is 1. The van der Waals surface area contributed by atoms with Crippen molar-refractivity contribution in [1.29, 1.82) is 0 Å². The monoisotopic (exact) mass is 438 g/mol. The largest absolute Gasteiger partial charge is 0.495 e. The maximum atomic E-state index is 12.5. The van der Waals surface area contributed by atoms with Crippen LogP contribution in [0.3, 0.4) is 0 Å². The van der Waals surface area contributed by atoms with E-state index in [9.17, 15) is 13.2 Å². The second-order valence-corrected chi connectivity index (χ2v) is 8.89. The van der Waals surface area contributed by atoms with Crippen LogP contribution in [-0.2, 0) is 10.0 Å². The van der Waals surface area contributed by atoms with Crippen molar-refractivity contribution in [3.8, 4) is 5.75 Å². The highest BCUT2D eigenvalue weighted by molar-refractivity contribution is 7.94. The van der Waals surface area contributed by atoms with Gasteiger partial charge in [0.05, 0.1) is 17.8 Å². The summed E-state index contributed by atoms with van der Waals surface area (Å²) in [6.07, 6.45) is 0. The summed E-state index contributed by atoms with van der Waals surface area (Å²) < 4.78 is 32.1. The third-order valence-electron chi connectivity index (χ3n) is 3.57. The van der Waals surface area contributed by atoms with Crippen LogP contribution >= 0.6 is 22.9 Å². The van der Waals surface area contributed by atoms with Crippen molar-refractivity contribution >= 4 is 49.7 Å². The Kier molecular flexibility index (Phi) is 5.82. The summed E-state index contributed by atoms with van der Waals surface area (Å²) in [5.74, 6) is 0.0108. The summed E-state index contributed by atoms with van der Waals surface area (Å²) >= 11 is 6.74. The molecule has 0 aliphatic carbocycles. The van der Waals surface area contributed by atoms with E-state index in [-0.39, 0.29) is 20.2 Å². The first-order valence-electron chi connectivity index (χ1n) is 7.86. The summed E-state index contributed by atoms with van der Waals surface area (Å²) in [4.78, 5) is 12.2. The van der Waals surface area contributed by atoms with Crippen LogP contribution in [0.15, 0.2) is 46.8 Å². The molecule has 0 aliphatic heterocycles. The van der Waals surface area contributed by atoms with Gasteiger partial charge in [0.1, 0.15) is 5.75 Å². The average molecular weight is 439 g/mol. The number of anilines is 2. The lowest BCUT2D eigenvalue weighted by Gasteiger charge is -2.07. The van der Waals surface area contributed by atoms with Crippen molar-refractivity contribution in [2.24, 2.45) is 0 Å². The van der Waals surface area contributed by atoms with Crippen LogP contribution in [0, 0.1) is 6.92 Å². The van der Waals surface area contributed by atoms with Gasteiger partial charge in [-0.05, 0) is 37.3 Å². The van der Waals surface area contributed by atoms with E-state index in [1.165, 1.54) is 25.3 Å². The van der Waals surface area contributed by atoms with Gasteiger partial charge >= 0.3 is 0 Å². The fraction of sp³-hybridized carbons (Fsp3) is 0.118. The number of hydrogen-bond donors (Lipinski definition) is 2. The van der Waals surface area contributed by atoms with E-state index in [1.807, 2.05) is 6.92 Å². The molecule has 0 atom stereocenters. The van der Waals surface area contributed by atoms with Crippen molar-refractivity contribution in [3.63, 3.8) is 0 Å². The molecule has 11 heteroatoms. The van der Waals surface area contributed by atoms with Crippen LogP contribution in [-0.4, -0.2) is 31.6 Å². The summed E-state index contributed by atoms with van der Waals surface area (Å²) in [7, 11) is -2.53. The summed E-state index contributed by atoms with van der Waals surface area (Å²) in [5.41, 5.74) is 1.69. The fourth-order valence-corrected chi connectivity index (χ4v) is 4.38. The van der Waals surface area contributed by atoms with Crippen molar-refractivity contribution in [2.75, 3.05) is 17.1 Å². The van der Waals surface area contributed by atoms with Crippen LogP contribution in [0.2, 0.25) is 5.02 Å². The standard InChI is InChI=1S/C17H15ClN4O4S2/c1-10-3-5-11(6-4-10)15(23)19-16-20-21-17(27-16)28(24,25)22-12-7-8-14(26-2)13(18)9-12/h3-9,22H,1-2H3,(H,19,20,23). The van der Waals surface area contributed by atoms with Gasteiger partial charge < -0.3 is 4.74 Å². The van der Waals surface area contributed by atoms with Gasteiger partial charge in [0, 0.05) is 5.56 Å². The molecule has 3 aromatic rings. The molecule has 0 bridgehead atoms. The molecule has 3 rings (SSSR count). The first-order chi connectivity index (χ1) is 13.3. The number of rotatable bonds is 6. The smallest absolute Gasteiger partial charge is 0.291 e. The van der Waals surface area contributed by atoms with Gasteiger partial charge in [0.2, 0.25) is 5.13 Å². The normalized spacial score (nSPS) is 11.1. The molecule has 28 heavy (non-hydrogen) atoms. The second-order valence-electron chi connectivity index (χ2n) is 5.65. The zero-order valence-corrected chi connectivity index (χ0v) is 17.2. The molecule has 1 aromatic heterocycles. The third-order valence-corrected chi connectivity index (χ3v) is 6.46. The van der Waals surface area contributed by atoms with Gasteiger partial charge in [-0.1, -0.05) is 40.6 Å². The SMILES string of the molecule is COc1ccc(NS(=O)(=O)c2nnc(NC(=O)c3ccc(C)cc3)s2)cc1Cl. The number of hydrogen-bond acceptors (Lipinski definition) is 7. The Balaban J connectivity index is 1.73. The molecule has 0 saturated heterocycles. The molecule has 0 fully saturated rings. The van der Waals surface area contributed by atoms with E-state index in [1.54, 1.807) is 24.3 Å². The van der Waals surface area contributed by atoms with Crippen molar-refractivity contribution in [1.82, 2.24) is 10.2 Å². The molecular weight excluding hydrogens is 424 g/mol. The average Bonchev–Trinajstić information content (AvgIpc) is 3.11. The Morgan fingerprint density at radius 2 is 1.86 bits per heavy atom. The zero-order valence-electron chi connectivity index (χ0n) is 14.8. The predicted molar refractivity (Wildman–Crippen MR) is 108 cm³/mol. The zero-order chi connectivity index (χ0) is 20.3. The van der Waals surface area contributed by atoms with Gasteiger partial charge in [-0.3, -0.25) is 14.8 Å². The van der Waals surface area contributed by atoms with Crippen molar-refractivity contribution in [3.05, 3.63) is 58.6 Å². The molecule has 146 valence electrons. The highest BCUT2D eigenvalue weighted by Gasteiger charge is 2.22. The minimum atomic E-state index is -3.99. The number of nitrogens with one attached hydrogen (secondary N) is 2. The summed E-state index contributed by atoms with van der Waals surface area (Å²) in [5, 5.41) is 10.2. The number of halogens is 1. The molecule has 8 nitrogen and oxygen atoms in total. The Hall–Kier alpha value is -2.69. The highest BCUT2D eigenvalue weighted by Crippen LogP contribution is 2.29. The number of carbonyl (C=O) groups is 1. The van der Waals surface area contributed by atoms with E-state index in [4.69, 9.17) is 16.3 Å². The number of aryl methyl sites for hydroxylation is 1. The summed E-state index contributed by atoms with van der Waals surface area (Å²) in [6.45, 7) is 1.91. The number of ether oxygens (including phenoxy) is 1. The van der Waals surface area contributed by atoms with E-state index >= 15 is 0 Å². The molecule has 0 radical (unpaired) electrons. The lowest BCUT2D eigenvalue weighted by Crippen LogP contribution is -2.12. The van der Waals surface area contributed by atoms with Crippen LogP contribution in [0.1, 0.15) is 15.9 Å². The molecule has 1 amide bonds. The Labute approximate surface area is 170 Å². The van der Waals surface area contributed by atoms with Crippen LogP contribution in [0.5, 0.6) is 5.75 Å². The third kappa shape index (κ3) is 4.58. The number of amides is 1. The van der Waals surface area contributed by atoms with Gasteiger partial charge in [-0.15, -0.1) is 10.2 Å². The lowest BCUT2D eigenvalue weighted by molar-refractivity contribution is 0.102. The molecule has 0 unspecified atom stereocenters. The number of benzene rings is 2. The number of nitrogens with zero attached hydrogens (tertiary/aromatic N) is 2. The van der Waals surface area contributed by atoms with Gasteiger partial charge in [0.15, 0.2) is 0 Å². The van der Waals surface area contributed by atoms with Gasteiger partial charge in [-0.2, -0.15) is 8.42 Å². The molecule has 0 aliphatic rings. The second kappa shape index (κ2) is 8.13.